The van der Waals surface area contributed by atoms with Crippen molar-refractivity contribution >= 4 is 5.91 Å². The summed E-state index contributed by atoms with van der Waals surface area (Å²) < 4.78 is 5.74. The largest absolute Gasteiger partial charge is 0.395 e. The third kappa shape index (κ3) is 44.6. The average molecular weight is 1000 g/mol. The first-order valence-electron chi connectivity index (χ1n) is 30.5. The second kappa shape index (κ2) is 53.0. The quantitative estimate of drug-likeness (QED) is 0.0293. The molecule has 70 heavy (non-hydrogen) atoms. The second-order valence-electron chi connectivity index (χ2n) is 22.0. The summed E-state index contributed by atoms with van der Waals surface area (Å²) in [5.74, 6) is -0.0360. The topological polar surface area (TPSA) is 169 Å². The van der Waals surface area contributed by atoms with Gasteiger partial charge in [-0.25, -0.2) is 0 Å². The van der Waals surface area contributed by atoms with Gasteiger partial charge in [0, 0.05) is 6.42 Å². The fourth-order valence-corrected chi connectivity index (χ4v) is 9.49. The first-order valence-corrected chi connectivity index (χ1v) is 30.5. The Morgan fingerprint density at radius 1 is 0.514 bits per heavy atom. The molecule has 10 nitrogen and oxygen atoms in total. The van der Waals surface area contributed by atoms with Crippen LogP contribution in [0.1, 0.15) is 311 Å². The molecule has 0 aromatic rings. The second-order valence-corrected chi connectivity index (χ2v) is 22.0. The van der Waals surface area contributed by atoms with Crippen LogP contribution in [0.25, 0.3) is 0 Å². The fourth-order valence-electron chi connectivity index (χ4n) is 9.49. The van der Waals surface area contributed by atoms with Gasteiger partial charge in [0.1, 0.15) is 5.72 Å². The van der Waals surface area contributed by atoms with Gasteiger partial charge in [-0.2, -0.15) is 0 Å². The molecule has 1 rings (SSSR count). The van der Waals surface area contributed by atoms with Crippen LogP contribution in [0.5, 0.6) is 0 Å². The zero-order chi connectivity index (χ0) is 52.4. The molecule has 1 fully saturated rings. The Labute approximate surface area is 435 Å². The van der Waals surface area contributed by atoms with E-state index >= 15 is 0 Å². The Hall–Kier alpha value is -0.850. The van der Waals surface area contributed by atoms with Gasteiger partial charge in [0.2, 0.25) is 5.91 Å². The van der Waals surface area contributed by atoms with Crippen LogP contribution in [0, 0.1) is 0 Å². The lowest BCUT2D eigenvalue weighted by molar-refractivity contribution is -0.123. The first kappa shape index (κ1) is 71.2. The average Bonchev–Trinajstić information content (AvgIpc) is 3.63. The molecule has 10 heteroatoms. The third-order valence-corrected chi connectivity index (χ3v) is 14.9. The molecule has 6 atom stereocenters. The van der Waals surface area contributed by atoms with Crippen molar-refractivity contribution in [2.24, 2.45) is 5.73 Å². The van der Waals surface area contributed by atoms with Crippen molar-refractivity contribution in [2.75, 3.05) is 26.9 Å². The maximum Gasteiger partial charge on any atom is 0.220 e. The summed E-state index contributed by atoms with van der Waals surface area (Å²) in [6.45, 7) is 13.5. The van der Waals surface area contributed by atoms with Gasteiger partial charge in [0.05, 0.1) is 56.3 Å². The van der Waals surface area contributed by atoms with Gasteiger partial charge in [-0.15, -0.1) is 0 Å². The van der Waals surface area contributed by atoms with Crippen molar-refractivity contribution < 1.29 is 35.1 Å². The van der Waals surface area contributed by atoms with Gasteiger partial charge in [-0.05, 0) is 46.6 Å². The van der Waals surface area contributed by atoms with E-state index in [1.54, 1.807) is 0 Å². The number of nitrogens with one attached hydrogen (secondary N) is 1. The zero-order valence-electron chi connectivity index (χ0n) is 47.9. The van der Waals surface area contributed by atoms with E-state index in [0.29, 0.717) is 19.4 Å². The highest BCUT2D eigenvalue weighted by molar-refractivity contribution is 5.76. The van der Waals surface area contributed by atoms with Gasteiger partial charge >= 0.3 is 0 Å². The number of ether oxygens (including phenoxy) is 1. The lowest BCUT2D eigenvalue weighted by Crippen LogP contribution is -2.45. The molecule has 0 spiro atoms. The smallest absolute Gasteiger partial charge is 0.220 e. The van der Waals surface area contributed by atoms with Crippen LogP contribution in [0.4, 0.5) is 0 Å². The van der Waals surface area contributed by atoms with Crippen molar-refractivity contribution in [1.82, 2.24) is 10.2 Å². The van der Waals surface area contributed by atoms with Gasteiger partial charge in [0.25, 0.3) is 0 Å². The minimum atomic E-state index is -0.647. The van der Waals surface area contributed by atoms with E-state index < -0.39 is 24.3 Å². The molecule has 1 aliphatic rings. The Kier molecular flexibility index (Phi) is 53.9. The maximum atomic E-state index is 12.2. The summed E-state index contributed by atoms with van der Waals surface area (Å²) in [5.41, 5.74) is 5.29. The molecule has 3 unspecified atom stereocenters. The SMILES string of the molecule is CCCCCCCCCCCC(O)[C@@H](N)CO.CCCCCCCCCCCC(O)[C@@H]1COC(C)(C)N1C.CCCCCCCCCCCCCC(=O)N[C@@H](CO)C(O)CCCCCCCCCCC. The van der Waals surface area contributed by atoms with E-state index in [0.717, 1.165) is 51.4 Å². The first-order chi connectivity index (χ1) is 33.9. The molecule has 1 saturated heterocycles. The number of aliphatic hydroxyl groups excluding tert-OH is 5. The number of nitrogens with zero attached hydrogens (tertiary/aromatic N) is 1. The summed E-state index contributed by atoms with van der Waals surface area (Å²) in [4.78, 5) is 14.3. The number of likely N-dealkylation sites (N-methyl/N-ethyl adjacent to an activating group) is 1. The van der Waals surface area contributed by atoms with E-state index in [9.17, 15) is 25.2 Å². The predicted octanol–water partition coefficient (Wildman–Crippen LogP) is 14.4. The van der Waals surface area contributed by atoms with E-state index in [2.05, 4.69) is 58.8 Å². The lowest BCUT2D eigenvalue weighted by atomic mass is 10.0. The Balaban J connectivity index is 0. The molecule has 1 heterocycles. The molecular weight excluding hydrogens is 875 g/mol. The van der Waals surface area contributed by atoms with Gasteiger partial charge < -0.3 is 41.3 Å². The van der Waals surface area contributed by atoms with Crippen molar-refractivity contribution in [2.45, 2.75) is 353 Å². The number of aliphatic hydroxyl groups is 5. The minimum absolute atomic E-state index is 0.0360. The van der Waals surface area contributed by atoms with Gasteiger partial charge in [0.15, 0.2) is 0 Å². The van der Waals surface area contributed by atoms with Crippen LogP contribution in [-0.4, -0.2) is 105 Å². The zero-order valence-corrected chi connectivity index (χ0v) is 47.9. The van der Waals surface area contributed by atoms with Crippen LogP contribution >= 0.6 is 0 Å². The monoisotopic (exact) mass is 1000 g/mol. The fraction of sp³-hybridized carbons (Fsp3) is 0.983. The summed E-state index contributed by atoms with van der Waals surface area (Å²) in [6, 6.07) is -0.831. The van der Waals surface area contributed by atoms with Crippen molar-refractivity contribution in [3.8, 4) is 0 Å². The van der Waals surface area contributed by atoms with Crippen LogP contribution < -0.4 is 11.1 Å². The number of nitrogens with two attached hydrogens (primary N) is 1. The number of hydrogen-bond acceptors (Lipinski definition) is 9. The normalized spacial score (nSPS) is 16.7. The molecule has 1 amide bonds. The summed E-state index contributed by atoms with van der Waals surface area (Å²) in [6.07, 6.45) is 50.0. The Morgan fingerprint density at radius 2 is 0.829 bits per heavy atom. The highest BCUT2D eigenvalue weighted by Gasteiger charge is 2.40. The predicted molar refractivity (Wildman–Crippen MR) is 300 cm³/mol. The van der Waals surface area contributed by atoms with Crippen molar-refractivity contribution in [3.63, 3.8) is 0 Å². The van der Waals surface area contributed by atoms with Crippen LogP contribution in [0.15, 0.2) is 0 Å². The summed E-state index contributed by atoms with van der Waals surface area (Å²) in [5, 5.41) is 51.4. The standard InChI is InChI=1S/C28H57NO3.C18H37NO2.C14H31NO2/c1-3-5-7-9-11-13-14-16-18-20-22-24-28(32)29-26(25-30)27(31)23-21-19-17-15-12-10-8-6-4-2;1-5-6-7-8-9-10-11-12-13-14-17(20)16-15-21-18(2,3)19(16)4;1-2-3-4-5-6-7-8-9-10-11-14(17)13(15)12-16/h26-27,30-31H,3-25H2,1-2H3,(H,29,32);16-17,20H,5-15H2,1-4H3;13-14,16-17H,2-12,15H2,1H3/t26-,27?;16-,17?;13-,14?/m000/s1. The van der Waals surface area contributed by atoms with Crippen molar-refractivity contribution in [3.05, 3.63) is 0 Å². The van der Waals surface area contributed by atoms with E-state index in [1.807, 2.05) is 0 Å². The molecule has 0 aliphatic carbocycles. The van der Waals surface area contributed by atoms with E-state index in [1.165, 1.54) is 205 Å². The van der Waals surface area contributed by atoms with Crippen LogP contribution in [-0.2, 0) is 9.53 Å². The minimum Gasteiger partial charge on any atom is -0.395 e. The van der Waals surface area contributed by atoms with Crippen LogP contribution in [0.3, 0.4) is 0 Å². The summed E-state index contributed by atoms with van der Waals surface area (Å²) >= 11 is 0. The molecule has 422 valence electrons. The molecule has 0 aromatic heterocycles. The van der Waals surface area contributed by atoms with E-state index in [-0.39, 0.29) is 37.0 Å². The number of unbranched alkanes of at least 4 members (excludes halogenated alkanes) is 34. The molecule has 0 aromatic carbocycles. The molecule has 0 bridgehead atoms. The maximum absolute atomic E-state index is 12.2. The molecular formula is C60H125N3O7. The van der Waals surface area contributed by atoms with Crippen molar-refractivity contribution in [1.29, 1.82) is 0 Å². The van der Waals surface area contributed by atoms with Gasteiger partial charge in [-0.3, -0.25) is 9.69 Å². The summed E-state index contributed by atoms with van der Waals surface area (Å²) in [7, 11) is 2.05. The van der Waals surface area contributed by atoms with Gasteiger partial charge in [-0.1, -0.05) is 265 Å². The number of rotatable bonds is 48. The molecule has 0 radical (unpaired) electrons. The van der Waals surface area contributed by atoms with Crippen LogP contribution in [0.2, 0.25) is 0 Å². The number of carbonyl (C=O) groups is 1. The highest BCUT2D eigenvalue weighted by atomic mass is 16.5. The highest BCUT2D eigenvalue weighted by Crippen LogP contribution is 2.28. The Morgan fingerprint density at radius 3 is 1.14 bits per heavy atom. The lowest BCUT2D eigenvalue weighted by Gasteiger charge is -2.31. The molecule has 8 N–H and O–H groups in total. The third-order valence-electron chi connectivity index (χ3n) is 14.9. The number of carbonyl (C=O) groups excluding carboxylic acids is 1. The Bertz CT molecular complexity index is 1050. The number of amides is 1. The number of hydrogen-bond donors (Lipinski definition) is 7. The molecule has 0 saturated carbocycles. The molecule has 1 aliphatic heterocycles. The van der Waals surface area contributed by atoms with E-state index in [4.69, 9.17) is 15.6 Å².